The van der Waals surface area contributed by atoms with Crippen LogP contribution < -0.4 is 0 Å². The summed E-state index contributed by atoms with van der Waals surface area (Å²) in [6, 6.07) is 79.1. The highest BCUT2D eigenvalue weighted by Crippen LogP contribution is 2.46. The van der Waals surface area contributed by atoms with Gasteiger partial charge in [-0.05, 0) is 107 Å². The number of rotatable bonds is 5. The van der Waals surface area contributed by atoms with E-state index < -0.39 is 0 Å². The molecule has 11 aromatic carbocycles. The van der Waals surface area contributed by atoms with E-state index in [-0.39, 0.29) is 0 Å². The standard InChI is InChI=1S/C65H37N5O2/c1-2-17-43(18-3-1)69-52-23-11-8-20-45(52)50-35-41(28-31-54(50)69)63-66-64(42-27-29-48-47-22-10-13-25-57(47)71-59(48)37-42)68-65(67-63)61-55(32-33-58-60(61)49-30-26-38-14-6-7-19-44(38)62(49)72-58)70-53-24-12-9-21-46(53)51-34-39-15-4-5-16-40(39)36-56(51)70/h1-37H. The van der Waals surface area contributed by atoms with E-state index >= 15 is 0 Å². The molecule has 0 aliphatic heterocycles. The minimum atomic E-state index is 0.523. The van der Waals surface area contributed by atoms with Gasteiger partial charge in [0.2, 0.25) is 0 Å². The summed E-state index contributed by atoms with van der Waals surface area (Å²) < 4.78 is 18.2. The largest absolute Gasteiger partial charge is 0.456 e. The summed E-state index contributed by atoms with van der Waals surface area (Å²) in [5.41, 5.74) is 12.1. The average molecular weight is 920 g/mol. The van der Waals surface area contributed by atoms with Gasteiger partial charge in [-0.15, -0.1) is 0 Å². The highest BCUT2D eigenvalue weighted by atomic mass is 16.3. The second-order valence-electron chi connectivity index (χ2n) is 18.7. The zero-order chi connectivity index (χ0) is 47.0. The van der Waals surface area contributed by atoms with Gasteiger partial charge in [0.15, 0.2) is 17.5 Å². The van der Waals surface area contributed by atoms with Crippen LogP contribution in [0.4, 0.5) is 0 Å². The SMILES string of the molecule is c1ccc(-n2c3ccccc3c3cc(-c4nc(-c5ccc6c(c5)oc5ccccc56)nc(-c5c(-n6c7ccccc7c7cc8ccccc8cc76)ccc6oc7c8ccccc8ccc7c56)n4)ccc32)cc1. The number of para-hydroxylation sites is 4. The van der Waals surface area contributed by atoms with Gasteiger partial charge in [-0.3, -0.25) is 0 Å². The van der Waals surface area contributed by atoms with Crippen LogP contribution in [0.3, 0.4) is 0 Å². The van der Waals surface area contributed by atoms with Gasteiger partial charge in [-0.2, -0.15) is 0 Å². The summed E-state index contributed by atoms with van der Waals surface area (Å²) >= 11 is 0. The quantitative estimate of drug-likeness (QED) is 0.172. The smallest absolute Gasteiger partial charge is 0.166 e. The molecule has 0 amide bonds. The molecule has 5 heterocycles. The Labute approximate surface area is 410 Å². The van der Waals surface area contributed by atoms with Gasteiger partial charge in [0.1, 0.15) is 22.3 Å². The third-order valence-electron chi connectivity index (χ3n) is 14.7. The predicted octanol–water partition coefficient (Wildman–Crippen LogP) is 17.2. The van der Waals surface area contributed by atoms with Crippen molar-refractivity contribution in [1.29, 1.82) is 0 Å². The van der Waals surface area contributed by atoms with Gasteiger partial charge < -0.3 is 18.0 Å². The molecule has 0 fully saturated rings. The lowest BCUT2D eigenvalue weighted by Crippen LogP contribution is -2.04. The maximum atomic E-state index is 6.97. The molecule has 0 aliphatic carbocycles. The molecule has 334 valence electrons. The Morgan fingerprint density at radius 1 is 0.306 bits per heavy atom. The summed E-state index contributed by atoms with van der Waals surface area (Å²) in [5.74, 6) is 1.60. The first-order chi connectivity index (χ1) is 35.7. The van der Waals surface area contributed by atoms with Crippen molar-refractivity contribution < 1.29 is 8.83 Å². The molecular weight excluding hydrogens is 883 g/mol. The maximum absolute atomic E-state index is 6.97. The summed E-state index contributed by atoms with van der Waals surface area (Å²) in [4.78, 5) is 16.6. The van der Waals surface area contributed by atoms with Crippen LogP contribution in [-0.4, -0.2) is 24.1 Å². The van der Waals surface area contributed by atoms with E-state index in [0.29, 0.717) is 17.5 Å². The molecule has 0 bridgehead atoms. The van der Waals surface area contributed by atoms with E-state index in [9.17, 15) is 0 Å². The first-order valence-corrected chi connectivity index (χ1v) is 24.2. The number of benzene rings is 11. The number of hydrogen-bond donors (Lipinski definition) is 0. The monoisotopic (exact) mass is 919 g/mol. The van der Waals surface area contributed by atoms with Crippen LogP contribution in [-0.2, 0) is 0 Å². The molecule has 0 spiro atoms. The first kappa shape index (κ1) is 39.0. The third-order valence-corrected chi connectivity index (χ3v) is 14.7. The first-order valence-electron chi connectivity index (χ1n) is 24.2. The van der Waals surface area contributed by atoms with E-state index in [4.69, 9.17) is 23.8 Å². The minimum absolute atomic E-state index is 0.523. The molecule has 16 rings (SSSR count). The van der Waals surface area contributed by atoms with Gasteiger partial charge in [0, 0.05) is 65.3 Å². The van der Waals surface area contributed by atoms with Crippen molar-refractivity contribution in [3.8, 4) is 45.5 Å². The zero-order valence-electron chi connectivity index (χ0n) is 38.4. The molecule has 7 nitrogen and oxygen atoms in total. The molecule has 0 saturated heterocycles. The number of aromatic nitrogens is 5. The Balaban J connectivity index is 1.03. The summed E-state index contributed by atoms with van der Waals surface area (Å²) in [6.07, 6.45) is 0. The number of fused-ring (bicyclic) bond motifs is 15. The van der Waals surface area contributed by atoms with Crippen molar-refractivity contribution >= 4 is 109 Å². The highest BCUT2D eigenvalue weighted by molar-refractivity contribution is 6.21. The molecule has 0 saturated carbocycles. The van der Waals surface area contributed by atoms with Gasteiger partial charge >= 0.3 is 0 Å². The molecule has 0 N–H and O–H groups in total. The van der Waals surface area contributed by atoms with E-state index in [1.807, 2.05) is 18.2 Å². The Bertz CT molecular complexity index is 4940. The number of furan rings is 2. The van der Waals surface area contributed by atoms with E-state index in [2.05, 4.69) is 215 Å². The molecule has 0 radical (unpaired) electrons. The van der Waals surface area contributed by atoms with E-state index in [1.165, 1.54) is 5.39 Å². The van der Waals surface area contributed by atoms with Crippen LogP contribution in [0.5, 0.6) is 0 Å². The Hall–Kier alpha value is -9.85. The molecule has 5 aromatic heterocycles. The lowest BCUT2D eigenvalue weighted by Gasteiger charge is -2.16. The molecule has 16 aromatic rings. The fourth-order valence-electron chi connectivity index (χ4n) is 11.5. The lowest BCUT2D eigenvalue weighted by molar-refractivity contribution is 0.669. The van der Waals surface area contributed by atoms with Gasteiger partial charge in [-0.1, -0.05) is 133 Å². The summed E-state index contributed by atoms with van der Waals surface area (Å²) in [7, 11) is 0. The van der Waals surface area contributed by atoms with Crippen LogP contribution in [0.15, 0.2) is 233 Å². The summed E-state index contributed by atoms with van der Waals surface area (Å²) in [6.45, 7) is 0. The maximum Gasteiger partial charge on any atom is 0.166 e. The van der Waals surface area contributed by atoms with Crippen LogP contribution in [0.2, 0.25) is 0 Å². The molecular formula is C65H37N5O2. The van der Waals surface area contributed by atoms with E-state index in [0.717, 1.165) is 132 Å². The molecule has 72 heavy (non-hydrogen) atoms. The number of hydrogen-bond acceptors (Lipinski definition) is 5. The van der Waals surface area contributed by atoms with Crippen LogP contribution in [0, 0.1) is 0 Å². The van der Waals surface area contributed by atoms with Gasteiger partial charge in [-0.25, -0.2) is 15.0 Å². The van der Waals surface area contributed by atoms with Crippen molar-refractivity contribution in [2.75, 3.05) is 0 Å². The predicted molar refractivity (Wildman–Crippen MR) is 294 cm³/mol. The van der Waals surface area contributed by atoms with Gasteiger partial charge in [0.05, 0.1) is 33.3 Å². The topological polar surface area (TPSA) is 74.8 Å². The zero-order valence-corrected chi connectivity index (χ0v) is 38.4. The minimum Gasteiger partial charge on any atom is -0.456 e. The van der Waals surface area contributed by atoms with Crippen molar-refractivity contribution in [3.63, 3.8) is 0 Å². The van der Waals surface area contributed by atoms with Crippen molar-refractivity contribution in [3.05, 3.63) is 224 Å². The second kappa shape index (κ2) is 14.8. The van der Waals surface area contributed by atoms with Gasteiger partial charge in [0.25, 0.3) is 0 Å². The Morgan fingerprint density at radius 3 is 1.69 bits per heavy atom. The fraction of sp³-hybridized carbons (Fsp3) is 0. The lowest BCUT2D eigenvalue weighted by atomic mass is 10.0. The molecule has 0 atom stereocenters. The van der Waals surface area contributed by atoms with Crippen molar-refractivity contribution in [2.24, 2.45) is 0 Å². The van der Waals surface area contributed by atoms with E-state index in [1.54, 1.807) is 0 Å². The number of nitrogens with zero attached hydrogens (tertiary/aromatic N) is 5. The second-order valence-corrected chi connectivity index (χ2v) is 18.7. The fourth-order valence-corrected chi connectivity index (χ4v) is 11.5. The van der Waals surface area contributed by atoms with Crippen LogP contribution >= 0.6 is 0 Å². The molecule has 7 heteroatoms. The third kappa shape index (κ3) is 5.64. The summed E-state index contributed by atoms with van der Waals surface area (Å²) in [5, 5.41) is 13.1. The molecule has 0 unspecified atom stereocenters. The average Bonchev–Trinajstić information content (AvgIpc) is 4.20. The van der Waals surface area contributed by atoms with Crippen LogP contribution in [0.1, 0.15) is 0 Å². The Morgan fingerprint density at radius 2 is 0.889 bits per heavy atom. The highest BCUT2D eigenvalue weighted by Gasteiger charge is 2.26. The Kier molecular flexibility index (Phi) is 8.04. The van der Waals surface area contributed by atoms with Crippen molar-refractivity contribution in [2.45, 2.75) is 0 Å². The molecule has 0 aliphatic rings. The van der Waals surface area contributed by atoms with Crippen LogP contribution in [0.25, 0.3) is 155 Å². The van der Waals surface area contributed by atoms with Crippen molar-refractivity contribution in [1.82, 2.24) is 24.1 Å². The normalized spacial score (nSPS) is 12.2.